The van der Waals surface area contributed by atoms with E-state index in [-0.39, 0.29) is 18.0 Å². The van der Waals surface area contributed by atoms with Crippen molar-refractivity contribution in [1.82, 2.24) is 0 Å². The van der Waals surface area contributed by atoms with E-state index in [9.17, 15) is 9.50 Å². The molecule has 1 aromatic rings. The maximum absolute atomic E-state index is 13.5. The van der Waals surface area contributed by atoms with Gasteiger partial charge < -0.3 is 9.84 Å². The van der Waals surface area contributed by atoms with E-state index in [2.05, 4.69) is 15.9 Å². The van der Waals surface area contributed by atoms with Crippen LogP contribution < -0.4 is 0 Å². The molecule has 0 amide bonds. The summed E-state index contributed by atoms with van der Waals surface area (Å²) in [6.07, 6.45) is 1.50. The van der Waals surface area contributed by atoms with Crippen molar-refractivity contribution in [2.24, 2.45) is 0 Å². The fourth-order valence-corrected chi connectivity index (χ4v) is 2.58. The van der Waals surface area contributed by atoms with Crippen molar-refractivity contribution in [3.8, 4) is 0 Å². The van der Waals surface area contributed by atoms with Crippen molar-refractivity contribution < 1.29 is 14.2 Å². The van der Waals surface area contributed by atoms with Gasteiger partial charge in [0.05, 0.1) is 18.3 Å². The molecular weight excluding hydrogens is 287 g/mol. The van der Waals surface area contributed by atoms with Gasteiger partial charge in [0, 0.05) is 10.9 Å². The molecule has 3 unspecified atom stereocenters. The van der Waals surface area contributed by atoms with Gasteiger partial charge in [0.25, 0.3) is 0 Å². The number of rotatable bonds is 3. The maximum Gasteiger partial charge on any atom is 0.126 e. The molecule has 0 spiro atoms. The first kappa shape index (κ1) is 13.0. The van der Waals surface area contributed by atoms with Gasteiger partial charge in [-0.25, -0.2) is 4.39 Å². The number of benzene rings is 1. The largest absolute Gasteiger partial charge is 0.390 e. The number of hydrogen-bond donors (Lipinski definition) is 1. The molecule has 4 heteroatoms. The minimum absolute atomic E-state index is 0.164. The van der Waals surface area contributed by atoms with Gasteiger partial charge in [-0.05, 0) is 43.5 Å². The monoisotopic (exact) mass is 302 g/mol. The Morgan fingerprint density at radius 1 is 1.53 bits per heavy atom. The topological polar surface area (TPSA) is 29.5 Å². The summed E-state index contributed by atoms with van der Waals surface area (Å²) in [4.78, 5) is 0. The van der Waals surface area contributed by atoms with Crippen LogP contribution in [0.25, 0.3) is 0 Å². The summed E-state index contributed by atoms with van der Waals surface area (Å²) in [5, 5.41) is 10.0. The summed E-state index contributed by atoms with van der Waals surface area (Å²) >= 11 is 3.30. The smallest absolute Gasteiger partial charge is 0.126 e. The second kappa shape index (κ2) is 5.46. The van der Waals surface area contributed by atoms with Gasteiger partial charge in [-0.1, -0.05) is 15.9 Å². The van der Waals surface area contributed by atoms with Crippen LogP contribution in [-0.4, -0.2) is 23.4 Å². The summed E-state index contributed by atoms with van der Waals surface area (Å²) in [6, 6.07) is 4.76. The third-order valence-corrected chi connectivity index (χ3v) is 3.62. The van der Waals surface area contributed by atoms with Gasteiger partial charge in [-0.2, -0.15) is 0 Å². The van der Waals surface area contributed by atoms with Crippen LogP contribution in [0.2, 0.25) is 0 Å². The summed E-state index contributed by atoms with van der Waals surface area (Å²) < 4.78 is 19.9. The van der Waals surface area contributed by atoms with E-state index in [1.807, 2.05) is 6.92 Å². The molecule has 1 aliphatic rings. The SMILES string of the molecule is CC1CCC(C(O)Cc2cc(Br)ccc2F)O1. The van der Waals surface area contributed by atoms with E-state index >= 15 is 0 Å². The van der Waals surface area contributed by atoms with Gasteiger partial charge in [0.15, 0.2) is 0 Å². The van der Waals surface area contributed by atoms with Crippen LogP contribution in [0.3, 0.4) is 0 Å². The quantitative estimate of drug-likeness (QED) is 0.930. The molecule has 1 aliphatic heterocycles. The fraction of sp³-hybridized carbons (Fsp3) is 0.538. The zero-order chi connectivity index (χ0) is 12.4. The maximum atomic E-state index is 13.5. The molecular formula is C13H16BrFO2. The Morgan fingerprint density at radius 3 is 2.94 bits per heavy atom. The molecule has 1 heterocycles. The highest BCUT2D eigenvalue weighted by Gasteiger charge is 2.28. The van der Waals surface area contributed by atoms with Crippen LogP contribution in [0.4, 0.5) is 4.39 Å². The molecule has 0 aliphatic carbocycles. The van der Waals surface area contributed by atoms with Crippen molar-refractivity contribution in [2.45, 2.75) is 44.5 Å². The van der Waals surface area contributed by atoms with Crippen LogP contribution in [0.1, 0.15) is 25.3 Å². The van der Waals surface area contributed by atoms with Gasteiger partial charge in [0.2, 0.25) is 0 Å². The van der Waals surface area contributed by atoms with Crippen molar-refractivity contribution in [1.29, 1.82) is 0 Å². The molecule has 3 atom stereocenters. The second-order valence-electron chi connectivity index (χ2n) is 4.57. The number of aliphatic hydroxyl groups excluding tert-OH is 1. The Hall–Kier alpha value is -0.450. The van der Waals surface area contributed by atoms with E-state index in [1.165, 1.54) is 6.07 Å². The first-order chi connectivity index (χ1) is 8.06. The highest BCUT2D eigenvalue weighted by atomic mass is 79.9. The van der Waals surface area contributed by atoms with E-state index in [4.69, 9.17) is 4.74 Å². The Bertz CT molecular complexity index is 397. The third-order valence-electron chi connectivity index (χ3n) is 3.13. The molecule has 17 heavy (non-hydrogen) atoms. The zero-order valence-corrected chi connectivity index (χ0v) is 11.3. The van der Waals surface area contributed by atoms with E-state index in [0.29, 0.717) is 12.0 Å². The number of halogens is 2. The molecule has 1 saturated heterocycles. The minimum Gasteiger partial charge on any atom is -0.390 e. The van der Waals surface area contributed by atoms with Gasteiger partial charge in [-0.3, -0.25) is 0 Å². The summed E-state index contributed by atoms with van der Waals surface area (Å²) in [5.74, 6) is -0.279. The lowest BCUT2D eigenvalue weighted by atomic mass is 10.0. The summed E-state index contributed by atoms with van der Waals surface area (Å²) in [7, 11) is 0. The molecule has 1 N–H and O–H groups in total. The molecule has 2 nitrogen and oxygen atoms in total. The fourth-order valence-electron chi connectivity index (χ4n) is 2.17. The van der Waals surface area contributed by atoms with E-state index in [1.54, 1.807) is 12.1 Å². The molecule has 0 radical (unpaired) electrons. The number of hydrogen-bond acceptors (Lipinski definition) is 2. The van der Waals surface area contributed by atoms with Gasteiger partial charge in [-0.15, -0.1) is 0 Å². The lowest BCUT2D eigenvalue weighted by Crippen LogP contribution is -2.28. The van der Waals surface area contributed by atoms with E-state index in [0.717, 1.165) is 17.3 Å². The van der Waals surface area contributed by atoms with Gasteiger partial charge in [0.1, 0.15) is 5.82 Å². The van der Waals surface area contributed by atoms with Crippen LogP contribution >= 0.6 is 15.9 Å². The molecule has 0 saturated carbocycles. The average molecular weight is 303 g/mol. The molecule has 0 aromatic heterocycles. The zero-order valence-electron chi connectivity index (χ0n) is 9.70. The highest BCUT2D eigenvalue weighted by Crippen LogP contribution is 2.25. The van der Waals surface area contributed by atoms with E-state index < -0.39 is 6.10 Å². The third kappa shape index (κ3) is 3.27. The lowest BCUT2D eigenvalue weighted by molar-refractivity contribution is -0.0281. The number of aliphatic hydroxyl groups is 1. The predicted molar refractivity (Wildman–Crippen MR) is 67.4 cm³/mol. The first-order valence-corrected chi connectivity index (χ1v) is 6.63. The van der Waals surface area contributed by atoms with Gasteiger partial charge >= 0.3 is 0 Å². The van der Waals surface area contributed by atoms with Crippen molar-refractivity contribution in [3.63, 3.8) is 0 Å². The molecule has 94 valence electrons. The predicted octanol–water partition coefficient (Wildman–Crippen LogP) is 3.06. The minimum atomic E-state index is -0.635. The Morgan fingerprint density at radius 2 is 2.29 bits per heavy atom. The average Bonchev–Trinajstić information content (AvgIpc) is 2.70. The second-order valence-corrected chi connectivity index (χ2v) is 5.49. The number of ether oxygens (including phenoxy) is 1. The molecule has 0 bridgehead atoms. The summed E-state index contributed by atoms with van der Waals surface area (Å²) in [5.41, 5.74) is 0.523. The summed E-state index contributed by atoms with van der Waals surface area (Å²) in [6.45, 7) is 1.99. The van der Waals surface area contributed by atoms with Crippen molar-refractivity contribution in [2.75, 3.05) is 0 Å². The molecule has 1 aromatic carbocycles. The van der Waals surface area contributed by atoms with Crippen LogP contribution in [-0.2, 0) is 11.2 Å². The van der Waals surface area contributed by atoms with Crippen molar-refractivity contribution >= 4 is 15.9 Å². The Balaban J connectivity index is 2.02. The lowest BCUT2D eigenvalue weighted by Gasteiger charge is -2.18. The normalized spacial score (nSPS) is 26.1. The van der Waals surface area contributed by atoms with Crippen LogP contribution in [0.5, 0.6) is 0 Å². The van der Waals surface area contributed by atoms with Crippen molar-refractivity contribution in [3.05, 3.63) is 34.1 Å². The van der Waals surface area contributed by atoms with Crippen LogP contribution in [0.15, 0.2) is 22.7 Å². The first-order valence-electron chi connectivity index (χ1n) is 5.83. The standard InChI is InChI=1S/C13H16BrFO2/c1-8-2-5-13(17-8)12(16)7-9-6-10(14)3-4-11(9)15/h3-4,6,8,12-13,16H,2,5,7H2,1H3. The molecule has 2 rings (SSSR count). The van der Waals surface area contributed by atoms with Crippen LogP contribution in [0, 0.1) is 5.82 Å². The highest BCUT2D eigenvalue weighted by molar-refractivity contribution is 9.10. The Kier molecular flexibility index (Phi) is 4.17. The molecule has 1 fully saturated rings. The Labute approximate surface area is 109 Å².